The van der Waals surface area contributed by atoms with Crippen LogP contribution in [0.25, 0.3) is 0 Å². The predicted molar refractivity (Wildman–Crippen MR) is 41.8 cm³/mol. The summed E-state index contributed by atoms with van der Waals surface area (Å²) in [6.45, 7) is 1.55. The summed E-state index contributed by atoms with van der Waals surface area (Å²) in [7, 11) is 0. The zero-order chi connectivity index (χ0) is 7.68. The summed E-state index contributed by atoms with van der Waals surface area (Å²) in [5.74, 6) is 0. The Labute approximate surface area is 65.4 Å². The molecule has 56 valence electrons. The van der Waals surface area contributed by atoms with Crippen molar-refractivity contribution in [2.45, 2.75) is 13.1 Å². The molecule has 0 saturated heterocycles. The van der Waals surface area contributed by atoms with Gasteiger partial charge in [-0.05, 0) is 11.1 Å². The van der Waals surface area contributed by atoms with Gasteiger partial charge < -0.3 is 4.90 Å². The van der Waals surface area contributed by atoms with Gasteiger partial charge in [0.15, 0.2) is 0 Å². The molecule has 0 aromatic heterocycles. The monoisotopic (exact) mass is 147 g/mol. The van der Waals surface area contributed by atoms with Crippen LogP contribution in [0.15, 0.2) is 24.3 Å². The number of nitrogens with zero attached hydrogens (tertiary/aromatic N) is 1. The molecule has 2 rings (SSSR count). The highest BCUT2D eigenvalue weighted by Crippen LogP contribution is 2.19. The Hall–Kier alpha value is -1.31. The summed E-state index contributed by atoms with van der Waals surface area (Å²) < 4.78 is 0. The van der Waals surface area contributed by atoms with Gasteiger partial charge in [-0.3, -0.25) is 4.79 Å². The zero-order valence-electron chi connectivity index (χ0n) is 6.16. The van der Waals surface area contributed by atoms with Crippen molar-refractivity contribution in [2.24, 2.45) is 0 Å². The quantitative estimate of drug-likeness (QED) is 0.546. The summed E-state index contributed by atoms with van der Waals surface area (Å²) >= 11 is 0. The van der Waals surface area contributed by atoms with E-state index in [2.05, 4.69) is 12.1 Å². The Morgan fingerprint density at radius 2 is 1.73 bits per heavy atom. The smallest absolute Gasteiger partial charge is 0.210 e. The van der Waals surface area contributed by atoms with Gasteiger partial charge in [0, 0.05) is 13.1 Å². The fourth-order valence-corrected chi connectivity index (χ4v) is 1.43. The highest BCUT2D eigenvalue weighted by molar-refractivity contribution is 5.50. The summed E-state index contributed by atoms with van der Waals surface area (Å²) in [6, 6.07) is 8.15. The number of hydrogen-bond donors (Lipinski definition) is 0. The zero-order valence-corrected chi connectivity index (χ0v) is 6.16. The molecule has 1 aromatic rings. The Balaban J connectivity index is 2.33. The molecule has 0 N–H and O–H groups in total. The minimum atomic E-state index is 0.777. The topological polar surface area (TPSA) is 20.3 Å². The van der Waals surface area contributed by atoms with E-state index in [0.29, 0.717) is 0 Å². The second-order valence-electron chi connectivity index (χ2n) is 2.78. The molecule has 0 fully saturated rings. The van der Waals surface area contributed by atoms with Gasteiger partial charge in [-0.25, -0.2) is 0 Å². The van der Waals surface area contributed by atoms with E-state index in [1.54, 1.807) is 4.90 Å². The van der Waals surface area contributed by atoms with Crippen molar-refractivity contribution in [3.63, 3.8) is 0 Å². The molecular formula is C9H9NO. The van der Waals surface area contributed by atoms with Gasteiger partial charge in [-0.2, -0.15) is 0 Å². The van der Waals surface area contributed by atoms with E-state index in [0.717, 1.165) is 19.5 Å². The van der Waals surface area contributed by atoms with Crippen LogP contribution in [0.4, 0.5) is 0 Å². The molecule has 0 spiro atoms. The Bertz CT molecular complexity index is 258. The maximum atomic E-state index is 10.4. The van der Waals surface area contributed by atoms with Gasteiger partial charge in [0.1, 0.15) is 0 Å². The summed E-state index contributed by atoms with van der Waals surface area (Å²) in [5.41, 5.74) is 2.55. The molecule has 0 aliphatic carbocycles. The lowest BCUT2D eigenvalue weighted by Gasteiger charge is -2.04. The molecule has 1 aliphatic heterocycles. The highest BCUT2D eigenvalue weighted by Gasteiger charge is 2.15. The maximum absolute atomic E-state index is 10.4. The molecule has 0 unspecified atom stereocenters. The van der Waals surface area contributed by atoms with Crippen LogP contribution in [0.1, 0.15) is 11.1 Å². The molecular weight excluding hydrogens is 138 g/mol. The standard InChI is InChI=1S/C9H9NO/c11-7-10-5-8-3-1-2-4-9(8)6-10/h1-4,7H,5-6H2. The van der Waals surface area contributed by atoms with Crippen molar-refractivity contribution in [3.05, 3.63) is 35.4 Å². The van der Waals surface area contributed by atoms with E-state index in [1.807, 2.05) is 12.1 Å². The van der Waals surface area contributed by atoms with Gasteiger partial charge in [0.25, 0.3) is 0 Å². The molecule has 1 heterocycles. The van der Waals surface area contributed by atoms with E-state index in [4.69, 9.17) is 0 Å². The van der Waals surface area contributed by atoms with Gasteiger partial charge in [-0.15, -0.1) is 0 Å². The van der Waals surface area contributed by atoms with Crippen LogP contribution in [0.2, 0.25) is 0 Å². The lowest BCUT2D eigenvalue weighted by molar-refractivity contribution is -0.118. The van der Waals surface area contributed by atoms with Crippen LogP contribution in [-0.2, 0) is 17.9 Å². The second kappa shape index (κ2) is 2.38. The number of carbonyl (C=O) groups excluding carboxylic acids is 1. The number of rotatable bonds is 1. The number of carbonyl (C=O) groups is 1. The van der Waals surface area contributed by atoms with E-state index < -0.39 is 0 Å². The van der Waals surface area contributed by atoms with Gasteiger partial charge in [0.2, 0.25) is 6.41 Å². The van der Waals surface area contributed by atoms with Crippen molar-refractivity contribution in [1.29, 1.82) is 0 Å². The number of amides is 1. The molecule has 0 bridgehead atoms. The average Bonchev–Trinajstić information content (AvgIpc) is 2.46. The third-order valence-corrected chi connectivity index (χ3v) is 2.01. The van der Waals surface area contributed by atoms with Crippen LogP contribution in [0.5, 0.6) is 0 Å². The van der Waals surface area contributed by atoms with Crippen LogP contribution >= 0.6 is 0 Å². The molecule has 2 heteroatoms. The van der Waals surface area contributed by atoms with Crippen LogP contribution in [0.3, 0.4) is 0 Å². The highest BCUT2D eigenvalue weighted by atomic mass is 16.1. The first-order valence-corrected chi connectivity index (χ1v) is 3.66. The normalized spacial score (nSPS) is 14.7. The summed E-state index contributed by atoms with van der Waals surface area (Å²) in [6.07, 6.45) is 0.903. The minimum Gasteiger partial charge on any atom is -0.337 e. The van der Waals surface area contributed by atoms with E-state index in [1.165, 1.54) is 11.1 Å². The van der Waals surface area contributed by atoms with E-state index >= 15 is 0 Å². The molecule has 1 amide bonds. The number of fused-ring (bicyclic) bond motifs is 1. The van der Waals surface area contributed by atoms with Gasteiger partial charge in [-0.1, -0.05) is 24.3 Å². The molecule has 2 nitrogen and oxygen atoms in total. The maximum Gasteiger partial charge on any atom is 0.210 e. The molecule has 1 aliphatic rings. The lowest BCUT2D eigenvalue weighted by Crippen LogP contribution is -2.12. The molecule has 0 saturated carbocycles. The number of benzene rings is 1. The largest absolute Gasteiger partial charge is 0.337 e. The summed E-state index contributed by atoms with van der Waals surface area (Å²) in [5, 5.41) is 0. The van der Waals surface area contributed by atoms with Crippen molar-refractivity contribution in [3.8, 4) is 0 Å². The van der Waals surface area contributed by atoms with Gasteiger partial charge >= 0.3 is 0 Å². The molecule has 1 aromatic carbocycles. The minimum absolute atomic E-state index is 0.777. The third-order valence-electron chi connectivity index (χ3n) is 2.01. The van der Waals surface area contributed by atoms with Crippen molar-refractivity contribution in [2.75, 3.05) is 0 Å². The average molecular weight is 147 g/mol. The molecule has 0 radical (unpaired) electrons. The fraction of sp³-hybridized carbons (Fsp3) is 0.222. The SMILES string of the molecule is O=CN1Cc2ccccc2C1. The second-order valence-corrected chi connectivity index (χ2v) is 2.78. The molecule has 11 heavy (non-hydrogen) atoms. The number of hydrogen-bond acceptors (Lipinski definition) is 1. The van der Waals surface area contributed by atoms with Crippen molar-refractivity contribution >= 4 is 6.41 Å². The van der Waals surface area contributed by atoms with Crippen LogP contribution in [-0.4, -0.2) is 11.3 Å². The Morgan fingerprint density at radius 1 is 1.18 bits per heavy atom. The fourth-order valence-electron chi connectivity index (χ4n) is 1.43. The van der Waals surface area contributed by atoms with Crippen LogP contribution < -0.4 is 0 Å². The van der Waals surface area contributed by atoms with Crippen molar-refractivity contribution < 1.29 is 4.79 Å². The third kappa shape index (κ3) is 1.00. The predicted octanol–water partition coefficient (Wildman–Crippen LogP) is 1.16. The first-order chi connectivity index (χ1) is 5.40. The van der Waals surface area contributed by atoms with Gasteiger partial charge in [0.05, 0.1) is 0 Å². The first-order valence-electron chi connectivity index (χ1n) is 3.66. The lowest BCUT2D eigenvalue weighted by atomic mass is 10.1. The van der Waals surface area contributed by atoms with E-state index in [9.17, 15) is 4.79 Å². The van der Waals surface area contributed by atoms with Crippen LogP contribution in [0, 0.1) is 0 Å². The van der Waals surface area contributed by atoms with E-state index in [-0.39, 0.29) is 0 Å². The molecule has 0 atom stereocenters. The van der Waals surface area contributed by atoms with Crippen molar-refractivity contribution in [1.82, 2.24) is 4.90 Å². The Kier molecular flexibility index (Phi) is 1.39. The Morgan fingerprint density at radius 3 is 2.18 bits per heavy atom. The summed E-state index contributed by atoms with van der Waals surface area (Å²) in [4.78, 5) is 12.2. The first kappa shape index (κ1) is 6.40.